The van der Waals surface area contributed by atoms with E-state index in [0.29, 0.717) is 35.6 Å². The van der Waals surface area contributed by atoms with Gasteiger partial charge in [-0.05, 0) is 36.3 Å². The molecule has 0 radical (unpaired) electrons. The van der Waals surface area contributed by atoms with Crippen molar-refractivity contribution in [2.45, 2.75) is 6.42 Å². The van der Waals surface area contributed by atoms with Gasteiger partial charge in [0.05, 0.1) is 11.4 Å². The molecule has 5 nitrogen and oxygen atoms in total. The Morgan fingerprint density at radius 1 is 1.08 bits per heavy atom. The number of hydrogen-bond acceptors (Lipinski definition) is 4. The van der Waals surface area contributed by atoms with Gasteiger partial charge in [0.2, 0.25) is 15.9 Å². The molecule has 0 aliphatic carbocycles. The number of aromatic nitrogens is 1. The molecule has 3 aromatic rings. The van der Waals surface area contributed by atoms with Crippen LogP contribution in [0.5, 0.6) is 0 Å². The van der Waals surface area contributed by atoms with Crippen LogP contribution in [0.15, 0.2) is 52.9 Å². The molecule has 0 atom stereocenters. The molecule has 122 valence electrons. The lowest BCUT2D eigenvalue weighted by atomic mass is 10.2. The number of oxazole rings is 1. The third-order valence-corrected chi connectivity index (χ3v) is 5.86. The maximum atomic E-state index is 12.0. The second-order valence-electron chi connectivity index (χ2n) is 5.69. The predicted octanol–water partition coefficient (Wildman–Crippen LogP) is 3.54. The Morgan fingerprint density at radius 3 is 2.67 bits per heavy atom. The van der Waals surface area contributed by atoms with Crippen LogP contribution in [-0.2, 0) is 10.0 Å². The number of anilines is 1. The Hall–Kier alpha value is -2.60. The highest BCUT2D eigenvalue weighted by Gasteiger charge is 2.28. The number of hydrogen-bond donors (Lipinski definition) is 0. The van der Waals surface area contributed by atoms with Gasteiger partial charge in [-0.1, -0.05) is 30.3 Å². The van der Waals surface area contributed by atoms with Crippen molar-refractivity contribution in [1.29, 1.82) is 0 Å². The van der Waals surface area contributed by atoms with Crippen LogP contribution in [0.3, 0.4) is 0 Å². The monoisotopic (exact) mass is 340 g/mol. The lowest BCUT2D eigenvalue weighted by molar-refractivity contribution is 0.589. The van der Waals surface area contributed by atoms with Crippen molar-refractivity contribution in [3.05, 3.63) is 60.0 Å². The van der Waals surface area contributed by atoms with Gasteiger partial charge >= 0.3 is 0 Å². The van der Waals surface area contributed by atoms with Crippen LogP contribution >= 0.6 is 0 Å². The maximum Gasteiger partial charge on any atom is 0.235 e. The molecular weight excluding hydrogens is 324 g/mol. The van der Waals surface area contributed by atoms with Crippen molar-refractivity contribution in [3.63, 3.8) is 0 Å². The molecule has 2 heterocycles. The Labute approximate surface area is 140 Å². The molecule has 6 heteroatoms. The molecule has 0 N–H and O–H groups in total. The smallest absolute Gasteiger partial charge is 0.235 e. The van der Waals surface area contributed by atoms with Crippen molar-refractivity contribution in [3.8, 4) is 0 Å². The number of fused-ring (bicyclic) bond motifs is 1. The van der Waals surface area contributed by atoms with Gasteiger partial charge in [-0.3, -0.25) is 4.31 Å². The van der Waals surface area contributed by atoms with Gasteiger partial charge in [-0.15, -0.1) is 0 Å². The average molecular weight is 340 g/mol. The van der Waals surface area contributed by atoms with Crippen LogP contribution in [0.2, 0.25) is 0 Å². The molecule has 0 saturated carbocycles. The summed E-state index contributed by atoms with van der Waals surface area (Å²) < 4.78 is 31.2. The zero-order valence-electron chi connectivity index (χ0n) is 12.9. The van der Waals surface area contributed by atoms with E-state index >= 15 is 0 Å². The summed E-state index contributed by atoms with van der Waals surface area (Å²) in [5.41, 5.74) is 3.00. The summed E-state index contributed by atoms with van der Waals surface area (Å²) in [4.78, 5) is 4.43. The van der Waals surface area contributed by atoms with Crippen LogP contribution in [0.4, 0.5) is 5.69 Å². The third-order valence-electron chi connectivity index (χ3n) is 3.99. The first-order valence-electron chi connectivity index (χ1n) is 7.76. The van der Waals surface area contributed by atoms with Crippen LogP contribution in [0.1, 0.15) is 17.9 Å². The SMILES string of the molecule is O=S1(=O)CCCN1c1ccc2oc(/C=C/c3ccccc3)nc2c1. The Morgan fingerprint density at radius 2 is 1.92 bits per heavy atom. The van der Waals surface area contributed by atoms with Gasteiger partial charge in [-0.2, -0.15) is 0 Å². The van der Waals surface area contributed by atoms with Crippen LogP contribution in [0.25, 0.3) is 23.3 Å². The van der Waals surface area contributed by atoms with Crippen molar-refractivity contribution >= 4 is 39.0 Å². The molecule has 0 bridgehead atoms. The molecule has 0 unspecified atom stereocenters. The molecule has 2 aromatic carbocycles. The quantitative estimate of drug-likeness (QED) is 0.731. The fraction of sp³-hybridized carbons (Fsp3) is 0.167. The molecule has 1 aliphatic heterocycles. The molecule has 0 amide bonds. The topological polar surface area (TPSA) is 63.4 Å². The highest BCUT2D eigenvalue weighted by atomic mass is 32.2. The van der Waals surface area contributed by atoms with E-state index in [2.05, 4.69) is 4.98 Å². The molecule has 1 saturated heterocycles. The van der Waals surface area contributed by atoms with E-state index in [1.807, 2.05) is 42.5 Å². The van der Waals surface area contributed by atoms with Crippen molar-refractivity contribution in [1.82, 2.24) is 4.98 Å². The zero-order valence-corrected chi connectivity index (χ0v) is 13.7. The Bertz CT molecular complexity index is 1010. The molecule has 1 aliphatic rings. The largest absolute Gasteiger partial charge is 0.437 e. The number of nitrogens with zero attached hydrogens (tertiary/aromatic N) is 2. The fourth-order valence-corrected chi connectivity index (χ4v) is 4.38. The van der Waals surface area contributed by atoms with Crippen molar-refractivity contribution < 1.29 is 12.8 Å². The van der Waals surface area contributed by atoms with E-state index < -0.39 is 10.0 Å². The highest BCUT2D eigenvalue weighted by molar-refractivity contribution is 7.93. The molecule has 24 heavy (non-hydrogen) atoms. The van der Waals surface area contributed by atoms with E-state index in [-0.39, 0.29) is 5.75 Å². The summed E-state index contributed by atoms with van der Waals surface area (Å²) in [5.74, 6) is 0.699. The van der Waals surface area contributed by atoms with E-state index in [1.165, 1.54) is 4.31 Å². The number of sulfonamides is 1. The van der Waals surface area contributed by atoms with E-state index in [0.717, 1.165) is 5.56 Å². The number of rotatable bonds is 3. The van der Waals surface area contributed by atoms with Crippen LogP contribution < -0.4 is 4.31 Å². The Kier molecular flexibility index (Phi) is 3.61. The van der Waals surface area contributed by atoms with Crippen LogP contribution in [-0.4, -0.2) is 25.7 Å². The molecule has 0 spiro atoms. The summed E-state index contributed by atoms with van der Waals surface area (Å²) in [6.45, 7) is 0.520. The van der Waals surface area contributed by atoms with Gasteiger partial charge in [0, 0.05) is 12.6 Å². The van der Waals surface area contributed by atoms with Gasteiger partial charge < -0.3 is 4.42 Å². The molecule has 1 fully saturated rings. The highest BCUT2D eigenvalue weighted by Crippen LogP contribution is 2.28. The zero-order chi connectivity index (χ0) is 16.6. The second kappa shape index (κ2) is 5.79. The average Bonchev–Trinajstić information content (AvgIpc) is 3.15. The summed E-state index contributed by atoms with van der Waals surface area (Å²) in [5, 5.41) is 0. The standard InChI is InChI=1S/C18H16N2O3S/c21-24(22)12-4-11-20(24)15-8-9-17-16(13-15)19-18(23-17)10-7-14-5-2-1-3-6-14/h1-3,5-10,13H,4,11-12H2/b10-7+. The van der Waals surface area contributed by atoms with E-state index in [9.17, 15) is 8.42 Å². The summed E-state index contributed by atoms with van der Waals surface area (Å²) in [6, 6.07) is 15.2. The maximum absolute atomic E-state index is 12.0. The lowest BCUT2D eigenvalue weighted by Gasteiger charge is -2.16. The summed E-state index contributed by atoms with van der Waals surface area (Å²) in [7, 11) is -3.19. The fourth-order valence-electron chi connectivity index (χ4n) is 2.82. The predicted molar refractivity (Wildman–Crippen MR) is 95.1 cm³/mol. The minimum absolute atomic E-state index is 0.203. The van der Waals surface area contributed by atoms with E-state index in [1.54, 1.807) is 18.2 Å². The molecule has 4 rings (SSSR count). The first-order valence-corrected chi connectivity index (χ1v) is 9.37. The minimum Gasteiger partial charge on any atom is -0.437 e. The summed E-state index contributed by atoms with van der Waals surface area (Å²) >= 11 is 0. The van der Waals surface area contributed by atoms with Gasteiger partial charge in [0.15, 0.2) is 5.58 Å². The first kappa shape index (κ1) is 15.0. The summed E-state index contributed by atoms with van der Waals surface area (Å²) in [6.07, 6.45) is 4.39. The lowest BCUT2D eigenvalue weighted by Crippen LogP contribution is -2.24. The third kappa shape index (κ3) is 2.80. The number of benzene rings is 2. The minimum atomic E-state index is -3.19. The van der Waals surface area contributed by atoms with Gasteiger partial charge in [0.1, 0.15) is 5.52 Å². The molecular formula is C18H16N2O3S. The van der Waals surface area contributed by atoms with Gasteiger partial charge in [-0.25, -0.2) is 13.4 Å². The Balaban J connectivity index is 1.65. The van der Waals surface area contributed by atoms with E-state index in [4.69, 9.17) is 4.42 Å². The van der Waals surface area contributed by atoms with Crippen molar-refractivity contribution in [2.24, 2.45) is 0 Å². The normalized spacial score (nSPS) is 17.1. The van der Waals surface area contributed by atoms with Crippen molar-refractivity contribution in [2.75, 3.05) is 16.6 Å². The second-order valence-corrected chi connectivity index (χ2v) is 7.70. The first-order chi connectivity index (χ1) is 11.6. The van der Waals surface area contributed by atoms with Crippen LogP contribution in [0, 0.1) is 0 Å². The molecule has 1 aromatic heterocycles. The van der Waals surface area contributed by atoms with Gasteiger partial charge in [0.25, 0.3) is 0 Å².